The van der Waals surface area contributed by atoms with Crippen LogP contribution in [0.25, 0.3) is 21.5 Å². The first kappa shape index (κ1) is 19.9. The maximum atomic E-state index is 12.7. The molecule has 0 saturated carbocycles. The molecule has 32 heavy (non-hydrogen) atoms. The summed E-state index contributed by atoms with van der Waals surface area (Å²) in [5.74, 6) is 1.00. The van der Waals surface area contributed by atoms with Crippen molar-refractivity contribution < 1.29 is 9.21 Å². The average Bonchev–Trinajstić information content (AvgIpc) is 3.51. The number of benzene rings is 2. The highest BCUT2D eigenvalue weighted by Gasteiger charge is 2.18. The number of aromatic nitrogens is 3. The van der Waals surface area contributed by atoms with Crippen LogP contribution in [0.5, 0.6) is 0 Å². The molecule has 0 aliphatic heterocycles. The number of fused-ring (bicyclic) bond motifs is 1. The highest BCUT2D eigenvalue weighted by molar-refractivity contribution is 7.17. The zero-order valence-corrected chi connectivity index (χ0v) is 17.8. The standard InChI is InChI=1S/C24H19N5O2S/c30-24(20-21(31-15-28-20)17-4-2-1-3-5-17)29-18-8-6-16(7-9-18)10-12-25-23-22-19(11-13-32-22)26-14-27-23/h1-9,11,13-15H,10,12H2,(H,29,30)(H,25,26,27). The lowest BCUT2D eigenvalue weighted by Gasteiger charge is -2.08. The van der Waals surface area contributed by atoms with Gasteiger partial charge in [-0.05, 0) is 35.6 Å². The number of thiophene rings is 1. The molecule has 0 unspecified atom stereocenters. The van der Waals surface area contributed by atoms with E-state index in [9.17, 15) is 4.79 Å². The lowest BCUT2D eigenvalue weighted by atomic mass is 10.1. The maximum Gasteiger partial charge on any atom is 0.278 e. The van der Waals surface area contributed by atoms with Gasteiger partial charge in [0.15, 0.2) is 17.8 Å². The van der Waals surface area contributed by atoms with Gasteiger partial charge in [-0.2, -0.15) is 0 Å². The van der Waals surface area contributed by atoms with Gasteiger partial charge in [-0.1, -0.05) is 42.5 Å². The monoisotopic (exact) mass is 441 g/mol. The largest absolute Gasteiger partial charge is 0.443 e. The molecule has 158 valence electrons. The van der Waals surface area contributed by atoms with E-state index in [1.54, 1.807) is 17.7 Å². The molecule has 1 amide bonds. The van der Waals surface area contributed by atoms with E-state index in [-0.39, 0.29) is 11.6 Å². The highest BCUT2D eigenvalue weighted by atomic mass is 32.1. The fraction of sp³-hybridized carbons (Fsp3) is 0.0833. The third kappa shape index (κ3) is 4.21. The van der Waals surface area contributed by atoms with Crippen molar-refractivity contribution in [1.82, 2.24) is 15.0 Å². The van der Waals surface area contributed by atoms with Crippen molar-refractivity contribution >= 4 is 39.0 Å². The number of carbonyl (C=O) groups is 1. The summed E-state index contributed by atoms with van der Waals surface area (Å²) in [7, 11) is 0. The summed E-state index contributed by atoms with van der Waals surface area (Å²) in [6.07, 6.45) is 3.69. The van der Waals surface area contributed by atoms with Gasteiger partial charge in [-0.25, -0.2) is 15.0 Å². The van der Waals surface area contributed by atoms with Gasteiger partial charge in [0.2, 0.25) is 0 Å². The molecule has 0 saturated heterocycles. The number of nitrogens with zero attached hydrogens (tertiary/aromatic N) is 3. The molecule has 5 aromatic rings. The van der Waals surface area contributed by atoms with Gasteiger partial charge in [0.25, 0.3) is 5.91 Å². The van der Waals surface area contributed by atoms with E-state index in [0.717, 1.165) is 40.1 Å². The van der Waals surface area contributed by atoms with Gasteiger partial charge < -0.3 is 15.1 Å². The number of amides is 1. The van der Waals surface area contributed by atoms with Crippen LogP contribution in [0.2, 0.25) is 0 Å². The van der Waals surface area contributed by atoms with E-state index in [4.69, 9.17) is 4.42 Å². The van der Waals surface area contributed by atoms with Gasteiger partial charge >= 0.3 is 0 Å². The molecule has 0 fully saturated rings. The second-order valence-electron chi connectivity index (χ2n) is 7.08. The predicted octanol–water partition coefficient (Wildman–Crippen LogP) is 5.25. The van der Waals surface area contributed by atoms with E-state index in [2.05, 4.69) is 25.6 Å². The molecule has 5 rings (SSSR count). The Kier molecular flexibility index (Phi) is 5.59. The van der Waals surface area contributed by atoms with Gasteiger partial charge in [0, 0.05) is 17.8 Å². The Bertz CT molecular complexity index is 1350. The number of rotatable bonds is 7. The fourth-order valence-electron chi connectivity index (χ4n) is 3.39. The number of nitrogens with one attached hydrogen (secondary N) is 2. The number of hydrogen-bond acceptors (Lipinski definition) is 7. The molecule has 3 aromatic heterocycles. The number of hydrogen-bond donors (Lipinski definition) is 2. The third-order valence-electron chi connectivity index (χ3n) is 4.98. The lowest BCUT2D eigenvalue weighted by molar-refractivity contribution is 0.102. The summed E-state index contributed by atoms with van der Waals surface area (Å²) in [5, 5.41) is 8.28. The minimum absolute atomic E-state index is 0.259. The summed E-state index contributed by atoms with van der Waals surface area (Å²) in [6, 6.07) is 19.2. The Balaban J connectivity index is 1.20. The molecule has 2 aromatic carbocycles. The van der Waals surface area contributed by atoms with Crippen molar-refractivity contribution in [3.05, 3.63) is 90.0 Å². The zero-order chi connectivity index (χ0) is 21.8. The van der Waals surface area contributed by atoms with E-state index in [1.807, 2.05) is 66.0 Å². The van der Waals surface area contributed by atoms with Crippen molar-refractivity contribution in [2.24, 2.45) is 0 Å². The molecule has 0 aliphatic rings. The zero-order valence-electron chi connectivity index (χ0n) is 17.0. The van der Waals surface area contributed by atoms with Crippen LogP contribution < -0.4 is 10.6 Å². The first-order valence-corrected chi connectivity index (χ1v) is 11.0. The molecule has 3 heterocycles. The van der Waals surface area contributed by atoms with Gasteiger partial charge in [-0.15, -0.1) is 11.3 Å². The second kappa shape index (κ2) is 8.99. The first-order valence-electron chi connectivity index (χ1n) is 10.1. The highest BCUT2D eigenvalue weighted by Crippen LogP contribution is 2.25. The van der Waals surface area contributed by atoms with Crippen LogP contribution in [0, 0.1) is 0 Å². The molecule has 0 radical (unpaired) electrons. The van der Waals surface area contributed by atoms with Gasteiger partial charge in [0.1, 0.15) is 12.1 Å². The SMILES string of the molecule is O=C(Nc1ccc(CCNc2ncnc3ccsc23)cc1)c1ncoc1-c1ccccc1. The Morgan fingerprint density at radius 3 is 2.66 bits per heavy atom. The van der Waals surface area contributed by atoms with Crippen LogP contribution in [0.4, 0.5) is 11.5 Å². The Hall–Kier alpha value is -4.04. The van der Waals surface area contributed by atoms with E-state index in [1.165, 1.54) is 6.39 Å². The number of anilines is 2. The molecule has 0 aliphatic carbocycles. The van der Waals surface area contributed by atoms with Crippen molar-refractivity contribution in [2.75, 3.05) is 17.2 Å². The molecule has 0 atom stereocenters. The Morgan fingerprint density at radius 2 is 1.81 bits per heavy atom. The van der Waals surface area contributed by atoms with Crippen LogP contribution in [-0.2, 0) is 6.42 Å². The smallest absolute Gasteiger partial charge is 0.278 e. The molecule has 0 spiro atoms. The number of carbonyl (C=O) groups excluding carboxylic acids is 1. The molecular weight excluding hydrogens is 422 g/mol. The quantitative estimate of drug-likeness (QED) is 0.358. The topological polar surface area (TPSA) is 92.9 Å². The Labute approximate surface area is 188 Å². The van der Waals surface area contributed by atoms with Crippen LogP contribution >= 0.6 is 11.3 Å². The van der Waals surface area contributed by atoms with Crippen molar-refractivity contribution in [3.8, 4) is 11.3 Å². The second-order valence-corrected chi connectivity index (χ2v) is 8.00. The average molecular weight is 442 g/mol. The maximum absolute atomic E-state index is 12.7. The third-order valence-corrected chi connectivity index (χ3v) is 5.89. The molecule has 2 N–H and O–H groups in total. The summed E-state index contributed by atoms with van der Waals surface area (Å²) < 4.78 is 6.51. The summed E-state index contributed by atoms with van der Waals surface area (Å²) in [5.41, 5.74) is 3.87. The van der Waals surface area contributed by atoms with Crippen LogP contribution in [-0.4, -0.2) is 27.4 Å². The molecular formula is C24H19N5O2S. The summed E-state index contributed by atoms with van der Waals surface area (Å²) in [6.45, 7) is 0.745. The van der Waals surface area contributed by atoms with Crippen LogP contribution in [0.3, 0.4) is 0 Å². The lowest BCUT2D eigenvalue weighted by Crippen LogP contribution is -2.13. The predicted molar refractivity (Wildman–Crippen MR) is 126 cm³/mol. The molecule has 8 heteroatoms. The van der Waals surface area contributed by atoms with Crippen LogP contribution in [0.15, 0.2) is 83.2 Å². The van der Waals surface area contributed by atoms with Crippen molar-refractivity contribution in [2.45, 2.75) is 6.42 Å². The first-order chi connectivity index (χ1) is 15.8. The summed E-state index contributed by atoms with van der Waals surface area (Å²) in [4.78, 5) is 25.4. The van der Waals surface area contributed by atoms with Gasteiger partial charge in [-0.3, -0.25) is 4.79 Å². The van der Waals surface area contributed by atoms with E-state index in [0.29, 0.717) is 11.4 Å². The van der Waals surface area contributed by atoms with Gasteiger partial charge in [0.05, 0.1) is 10.2 Å². The fourth-order valence-corrected chi connectivity index (χ4v) is 4.20. The Morgan fingerprint density at radius 1 is 0.969 bits per heavy atom. The van der Waals surface area contributed by atoms with Crippen LogP contribution in [0.1, 0.15) is 16.1 Å². The molecule has 7 nitrogen and oxygen atoms in total. The van der Waals surface area contributed by atoms with E-state index >= 15 is 0 Å². The van der Waals surface area contributed by atoms with Crippen molar-refractivity contribution in [3.63, 3.8) is 0 Å². The van der Waals surface area contributed by atoms with Crippen molar-refractivity contribution in [1.29, 1.82) is 0 Å². The van der Waals surface area contributed by atoms with E-state index < -0.39 is 0 Å². The number of oxazole rings is 1. The summed E-state index contributed by atoms with van der Waals surface area (Å²) >= 11 is 1.63. The molecule has 0 bridgehead atoms. The normalized spacial score (nSPS) is 10.9. The minimum atomic E-state index is -0.309. The minimum Gasteiger partial charge on any atom is -0.443 e.